The normalized spacial score (nSPS) is 11.1. The third kappa shape index (κ3) is 4.59. The van der Waals surface area contributed by atoms with E-state index in [0.29, 0.717) is 11.4 Å². The van der Waals surface area contributed by atoms with Crippen LogP contribution in [0, 0.1) is 6.92 Å². The van der Waals surface area contributed by atoms with Gasteiger partial charge in [-0.1, -0.05) is 38.1 Å². The molecule has 0 saturated heterocycles. The molecule has 2 N–H and O–H groups in total. The van der Waals surface area contributed by atoms with Gasteiger partial charge in [0.05, 0.1) is 12.3 Å². The summed E-state index contributed by atoms with van der Waals surface area (Å²) in [5, 5.41) is 8.87. The Balaban J connectivity index is 2.07. The van der Waals surface area contributed by atoms with Crippen molar-refractivity contribution < 1.29 is 18.8 Å². The molecule has 0 saturated carbocycles. The topological polar surface area (TPSA) is 93.5 Å². The summed E-state index contributed by atoms with van der Waals surface area (Å²) in [6.07, 6.45) is 0. The summed E-state index contributed by atoms with van der Waals surface area (Å²) in [6.45, 7) is 9.86. The fraction of sp³-hybridized carbons (Fsp3) is 0.389. The molecule has 2 amide bonds. The average Bonchev–Trinajstić information content (AvgIpc) is 2.87. The van der Waals surface area contributed by atoms with Crippen LogP contribution in [0.2, 0.25) is 0 Å². The van der Waals surface area contributed by atoms with Crippen LogP contribution in [0.5, 0.6) is 0 Å². The first-order valence-electron chi connectivity index (χ1n) is 8.04. The Labute approximate surface area is 146 Å². The molecule has 0 radical (unpaired) electrons. The lowest BCUT2D eigenvalue weighted by Crippen LogP contribution is -2.21. The van der Waals surface area contributed by atoms with E-state index >= 15 is 0 Å². The number of rotatable bonds is 4. The first-order chi connectivity index (χ1) is 11.7. The van der Waals surface area contributed by atoms with E-state index in [9.17, 15) is 9.59 Å². The molecule has 0 spiro atoms. The van der Waals surface area contributed by atoms with Crippen LogP contribution in [-0.2, 0) is 10.2 Å². The predicted molar refractivity (Wildman–Crippen MR) is 95.0 cm³/mol. The van der Waals surface area contributed by atoms with Gasteiger partial charge in [0.25, 0.3) is 0 Å². The van der Waals surface area contributed by atoms with Crippen molar-refractivity contribution in [1.82, 2.24) is 5.16 Å². The number of ether oxygens (including phenoxy) is 1. The lowest BCUT2D eigenvalue weighted by Gasteiger charge is -2.19. The van der Waals surface area contributed by atoms with Crippen molar-refractivity contribution in [3.05, 3.63) is 41.1 Å². The molecule has 25 heavy (non-hydrogen) atoms. The van der Waals surface area contributed by atoms with Gasteiger partial charge in [0.1, 0.15) is 5.56 Å². The van der Waals surface area contributed by atoms with E-state index in [0.717, 1.165) is 5.56 Å². The summed E-state index contributed by atoms with van der Waals surface area (Å²) < 4.78 is 9.95. The van der Waals surface area contributed by atoms with E-state index in [1.807, 2.05) is 24.3 Å². The highest BCUT2D eigenvalue weighted by atomic mass is 16.5. The summed E-state index contributed by atoms with van der Waals surface area (Å²) in [5.74, 6) is -0.633. The fourth-order valence-electron chi connectivity index (χ4n) is 2.22. The maximum atomic E-state index is 12.1. The lowest BCUT2D eigenvalue weighted by molar-refractivity contribution is 0.0526. The first-order valence-corrected chi connectivity index (χ1v) is 8.04. The van der Waals surface area contributed by atoms with Gasteiger partial charge in [-0.2, -0.15) is 0 Å². The van der Waals surface area contributed by atoms with Crippen LogP contribution in [0.1, 0.15) is 49.3 Å². The lowest BCUT2D eigenvalue weighted by atomic mass is 9.87. The monoisotopic (exact) mass is 345 g/mol. The molecule has 0 atom stereocenters. The van der Waals surface area contributed by atoms with Gasteiger partial charge in [0.2, 0.25) is 5.88 Å². The molecule has 7 nitrogen and oxygen atoms in total. The molecule has 7 heteroatoms. The molecule has 0 aliphatic heterocycles. The van der Waals surface area contributed by atoms with Crippen molar-refractivity contribution in [2.45, 2.75) is 40.0 Å². The number of carbonyl (C=O) groups excluding carboxylic acids is 2. The largest absolute Gasteiger partial charge is 0.462 e. The van der Waals surface area contributed by atoms with Gasteiger partial charge in [0.15, 0.2) is 0 Å². The summed E-state index contributed by atoms with van der Waals surface area (Å²) >= 11 is 0. The maximum absolute atomic E-state index is 12.1. The third-order valence-corrected chi connectivity index (χ3v) is 3.58. The number of amides is 2. The molecule has 2 rings (SSSR count). The second kappa shape index (κ2) is 7.38. The number of urea groups is 1. The molecule has 0 aliphatic rings. The summed E-state index contributed by atoms with van der Waals surface area (Å²) in [5.41, 5.74) is 2.28. The number of hydrogen-bond acceptors (Lipinski definition) is 5. The summed E-state index contributed by atoms with van der Waals surface area (Å²) in [7, 11) is 0. The minimum Gasteiger partial charge on any atom is -0.462 e. The van der Waals surface area contributed by atoms with Crippen LogP contribution in [0.25, 0.3) is 0 Å². The highest BCUT2D eigenvalue weighted by Crippen LogP contribution is 2.24. The number of esters is 1. The van der Waals surface area contributed by atoms with Crippen LogP contribution < -0.4 is 10.6 Å². The van der Waals surface area contributed by atoms with Crippen molar-refractivity contribution in [1.29, 1.82) is 0 Å². The van der Waals surface area contributed by atoms with E-state index in [2.05, 4.69) is 36.6 Å². The second-order valence-electron chi connectivity index (χ2n) is 6.60. The predicted octanol–water partition coefficient (Wildman–Crippen LogP) is 4.10. The number of nitrogens with zero attached hydrogens (tertiary/aromatic N) is 1. The van der Waals surface area contributed by atoms with Crippen LogP contribution in [-0.4, -0.2) is 23.8 Å². The van der Waals surface area contributed by atoms with E-state index in [-0.39, 0.29) is 23.5 Å². The molecule has 0 aliphatic carbocycles. The van der Waals surface area contributed by atoms with Gasteiger partial charge >= 0.3 is 12.0 Å². The standard InChI is InChI=1S/C18H23N3O4/c1-6-24-16(22)14-11(2)21-25-15(14)20-17(23)19-13-9-7-12(8-10-13)18(3,4)5/h7-10H,6H2,1-5H3,(H2,19,20,23). The van der Waals surface area contributed by atoms with Gasteiger partial charge < -0.3 is 14.6 Å². The van der Waals surface area contributed by atoms with Gasteiger partial charge in [-0.15, -0.1) is 0 Å². The number of aromatic nitrogens is 1. The SMILES string of the molecule is CCOC(=O)c1c(C)noc1NC(=O)Nc1ccc(C(C)(C)C)cc1. The van der Waals surface area contributed by atoms with Crippen LogP contribution in [0.3, 0.4) is 0 Å². The van der Waals surface area contributed by atoms with E-state index < -0.39 is 12.0 Å². The van der Waals surface area contributed by atoms with Gasteiger partial charge in [-0.25, -0.2) is 9.59 Å². The van der Waals surface area contributed by atoms with Gasteiger partial charge in [0, 0.05) is 5.69 Å². The summed E-state index contributed by atoms with van der Waals surface area (Å²) in [6, 6.07) is 7.01. The van der Waals surface area contributed by atoms with Crippen molar-refractivity contribution in [2.24, 2.45) is 0 Å². The van der Waals surface area contributed by atoms with Crippen LogP contribution in [0.15, 0.2) is 28.8 Å². The molecule has 134 valence electrons. The van der Waals surface area contributed by atoms with Crippen molar-refractivity contribution in [3.63, 3.8) is 0 Å². The summed E-state index contributed by atoms with van der Waals surface area (Å²) in [4.78, 5) is 24.1. The zero-order valence-corrected chi connectivity index (χ0v) is 15.1. The highest BCUT2D eigenvalue weighted by Gasteiger charge is 2.23. The number of benzene rings is 1. The quantitative estimate of drug-likeness (QED) is 0.814. The van der Waals surface area contributed by atoms with Crippen molar-refractivity contribution in [3.8, 4) is 0 Å². The molecule has 1 aromatic carbocycles. The Morgan fingerprint density at radius 3 is 2.36 bits per heavy atom. The van der Waals surface area contributed by atoms with Gasteiger partial charge in [-0.3, -0.25) is 5.32 Å². The molecule has 1 aromatic heterocycles. The number of aryl methyl sites for hydroxylation is 1. The number of carbonyl (C=O) groups is 2. The number of nitrogens with one attached hydrogen (secondary N) is 2. The minimum absolute atomic E-state index is 0.0344. The number of anilines is 2. The van der Waals surface area contributed by atoms with E-state index in [4.69, 9.17) is 9.26 Å². The Bertz CT molecular complexity index is 758. The van der Waals surface area contributed by atoms with Gasteiger partial charge in [-0.05, 0) is 37.0 Å². The smallest absolute Gasteiger partial charge is 0.345 e. The zero-order valence-electron chi connectivity index (χ0n) is 15.1. The van der Waals surface area contributed by atoms with E-state index in [1.165, 1.54) is 0 Å². The molecule has 0 bridgehead atoms. The molecule has 1 heterocycles. The third-order valence-electron chi connectivity index (χ3n) is 3.58. The minimum atomic E-state index is -0.592. The average molecular weight is 345 g/mol. The van der Waals surface area contributed by atoms with Crippen molar-refractivity contribution in [2.75, 3.05) is 17.2 Å². The van der Waals surface area contributed by atoms with Crippen LogP contribution in [0.4, 0.5) is 16.4 Å². The first kappa shape index (κ1) is 18.5. The zero-order chi connectivity index (χ0) is 18.6. The number of hydrogen-bond donors (Lipinski definition) is 2. The molecule has 0 fully saturated rings. The van der Waals surface area contributed by atoms with Crippen LogP contribution >= 0.6 is 0 Å². The fourth-order valence-corrected chi connectivity index (χ4v) is 2.22. The van der Waals surface area contributed by atoms with Crippen molar-refractivity contribution >= 4 is 23.6 Å². The van der Waals surface area contributed by atoms with E-state index in [1.54, 1.807) is 13.8 Å². The molecule has 2 aromatic rings. The molecular weight excluding hydrogens is 322 g/mol. The molecular formula is C18H23N3O4. The maximum Gasteiger partial charge on any atom is 0.345 e. The molecule has 0 unspecified atom stereocenters. The Kier molecular flexibility index (Phi) is 5.46. The highest BCUT2D eigenvalue weighted by molar-refractivity contribution is 6.04. The Morgan fingerprint density at radius 2 is 1.80 bits per heavy atom. The second-order valence-corrected chi connectivity index (χ2v) is 6.60. The Hall–Kier alpha value is -2.83. The Morgan fingerprint density at radius 1 is 1.16 bits per heavy atom.